The smallest absolute Gasteiger partial charge is 0.0811 e. The Morgan fingerprint density at radius 1 is 0.640 bits per heavy atom. The van der Waals surface area contributed by atoms with E-state index in [4.69, 9.17) is 14.9 Å². The second-order valence-corrected chi connectivity index (χ2v) is 6.11. The van der Waals surface area contributed by atoms with Crippen LogP contribution in [0.3, 0.4) is 0 Å². The fraction of sp³-hybridized carbons (Fsp3) is 0.400. The van der Waals surface area contributed by atoms with Crippen LogP contribution in [-0.4, -0.2) is 45.8 Å². The highest BCUT2D eigenvalue weighted by molar-refractivity contribution is 5.28. The first-order valence-electron chi connectivity index (χ1n) is 8.43. The average molecular weight is 346 g/mol. The zero-order valence-electron chi connectivity index (χ0n) is 14.2. The summed E-state index contributed by atoms with van der Waals surface area (Å²) in [6, 6.07) is 15.4. The third kappa shape index (κ3) is 6.23. The number of aliphatic hydroxyl groups excluding tert-OH is 4. The third-order valence-electron chi connectivity index (χ3n) is 4.08. The van der Waals surface area contributed by atoms with Crippen molar-refractivity contribution in [3.63, 3.8) is 0 Å². The van der Waals surface area contributed by atoms with E-state index in [1.807, 2.05) is 48.5 Å². The maximum absolute atomic E-state index is 9.65. The topological polar surface area (TPSA) is 90.2 Å². The molecule has 25 heavy (non-hydrogen) atoms. The van der Waals surface area contributed by atoms with Crippen LogP contribution in [0.2, 0.25) is 0 Å². The van der Waals surface area contributed by atoms with E-state index >= 15 is 0 Å². The summed E-state index contributed by atoms with van der Waals surface area (Å²) in [5.41, 5.74) is 3.85. The molecule has 2 unspecified atom stereocenters. The highest BCUT2D eigenvalue weighted by Crippen LogP contribution is 2.16. The Bertz CT molecular complexity index is 588. The first kappa shape index (κ1) is 19.6. The molecule has 0 bridgehead atoms. The number of ether oxygens (including phenoxy) is 1. The lowest BCUT2D eigenvalue weighted by atomic mass is 10.0. The van der Waals surface area contributed by atoms with Crippen LogP contribution in [0.4, 0.5) is 0 Å². The molecule has 4 N–H and O–H groups in total. The summed E-state index contributed by atoms with van der Waals surface area (Å²) in [6.07, 6.45) is -0.784. The molecular formula is C20H26O5. The summed E-state index contributed by atoms with van der Waals surface area (Å²) < 4.78 is 5.83. The second-order valence-electron chi connectivity index (χ2n) is 6.11. The van der Waals surface area contributed by atoms with Gasteiger partial charge in [0.05, 0.1) is 38.6 Å². The molecular weight excluding hydrogens is 320 g/mol. The van der Waals surface area contributed by atoms with Crippen molar-refractivity contribution in [2.45, 2.75) is 38.3 Å². The molecule has 0 amide bonds. The van der Waals surface area contributed by atoms with Gasteiger partial charge in [-0.15, -0.1) is 0 Å². The van der Waals surface area contributed by atoms with Crippen molar-refractivity contribution >= 4 is 0 Å². The third-order valence-corrected chi connectivity index (χ3v) is 4.08. The van der Waals surface area contributed by atoms with Crippen LogP contribution >= 0.6 is 0 Å². The van der Waals surface area contributed by atoms with Gasteiger partial charge >= 0.3 is 0 Å². The van der Waals surface area contributed by atoms with Crippen molar-refractivity contribution in [2.24, 2.45) is 0 Å². The van der Waals surface area contributed by atoms with Gasteiger partial charge in [0, 0.05) is 12.8 Å². The van der Waals surface area contributed by atoms with E-state index in [-0.39, 0.29) is 13.2 Å². The first-order valence-corrected chi connectivity index (χ1v) is 8.43. The van der Waals surface area contributed by atoms with E-state index in [1.54, 1.807) is 0 Å². The minimum absolute atomic E-state index is 0.268. The summed E-state index contributed by atoms with van der Waals surface area (Å²) in [5.74, 6) is 0. The molecule has 0 radical (unpaired) electrons. The molecule has 0 aliphatic rings. The number of hydrogen-bond donors (Lipinski definition) is 4. The van der Waals surface area contributed by atoms with Gasteiger partial charge in [0.2, 0.25) is 0 Å². The molecule has 0 aliphatic heterocycles. The van der Waals surface area contributed by atoms with Crippen LogP contribution in [-0.2, 0) is 30.8 Å². The SMILES string of the molecule is OCC(O)Cc1ccccc1COCc1ccccc1CC(O)CO. The number of aliphatic hydroxyl groups is 4. The highest BCUT2D eigenvalue weighted by atomic mass is 16.5. The van der Waals surface area contributed by atoms with Crippen LogP contribution in [0.1, 0.15) is 22.3 Å². The van der Waals surface area contributed by atoms with Crippen LogP contribution in [0, 0.1) is 0 Å². The average Bonchev–Trinajstić information content (AvgIpc) is 2.64. The van der Waals surface area contributed by atoms with Crippen LogP contribution in [0.15, 0.2) is 48.5 Å². The summed E-state index contributed by atoms with van der Waals surface area (Å²) in [5, 5.41) is 37.3. The predicted molar refractivity (Wildman–Crippen MR) is 95.0 cm³/mol. The molecule has 2 rings (SSSR count). The quantitative estimate of drug-likeness (QED) is 0.519. The van der Waals surface area contributed by atoms with E-state index < -0.39 is 12.2 Å². The van der Waals surface area contributed by atoms with Gasteiger partial charge in [0.1, 0.15) is 0 Å². The van der Waals surface area contributed by atoms with Gasteiger partial charge in [-0.05, 0) is 22.3 Å². The number of rotatable bonds is 10. The molecule has 0 aliphatic carbocycles. The zero-order chi connectivity index (χ0) is 18.1. The van der Waals surface area contributed by atoms with Crippen molar-refractivity contribution in [2.75, 3.05) is 13.2 Å². The van der Waals surface area contributed by atoms with Gasteiger partial charge in [-0.2, -0.15) is 0 Å². The maximum atomic E-state index is 9.65. The normalized spacial score (nSPS) is 13.6. The molecule has 0 saturated heterocycles. The van der Waals surface area contributed by atoms with Crippen molar-refractivity contribution in [1.82, 2.24) is 0 Å². The zero-order valence-corrected chi connectivity index (χ0v) is 14.2. The van der Waals surface area contributed by atoms with Crippen molar-refractivity contribution < 1.29 is 25.2 Å². The van der Waals surface area contributed by atoms with Gasteiger partial charge < -0.3 is 25.2 Å². The van der Waals surface area contributed by atoms with Gasteiger partial charge in [-0.25, -0.2) is 0 Å². The van der Waals surface area contributed by atoms with E-state index in [9.17, 15) is 10.2 Å². The second kappa shape index (κ2) is 10.3. The molecule has 2 aromatic rings. The number of benzene rings is 2. The molecule has 136 valence electrons. The fourth-order valence-corrected chi connectivity index (χ4v) is 2.70. The Balaban J connectivity index is 1.97. The molecule has 2 aromatic carbocycles. The van der Waals surface area contributed by atoms with Crippen molar-refractivity contribution in [1.29, 1.82) is 0 Å². The first-order chi connectivity index (χ1) is 12.1. The lowest BCUT2D eigenvalue weighted by Crippen LogP contribution is -2.17. The molecule has 0 spiro atoms. The van der Waals surface area contributed by atoms with Gasteiger partial charge in [0.25, 0.3) is 0 Å². The van der Waals surface area contributed by atoms with E-state index in [1.165, 1.54) is 0 Å². The van der Waals surface area contributed by atoms with Crippen LogP contribution in [0.25, 0.3) is 0 Å². The monoisotopic (exact) mass is 346 g/mol. The van der Waals surface area contributed by atoms with Crippen molar-refractivity contribution in [3.8, 4) is 0 Å². The molecule has 0 fully saturated rings. The molecule has 5 heteroatoms. The molecule has 2 atom stereocenters. The van der Waals surface area contributed by atoms with Gasteiger partial charge in [-0.1, -0.05) is 48.5 Å². The summed E-state index contributed by atoms with van der Waals surface area (Å²) >= 11 is 0. The van der Waals surface area contributed by atoms with E-state index in [0.29, 0.717) is 26.1 Å². The van der Waals surface area contributed by atoms with Crippen LogP contribution < -0.4 is 0 Å². The predicted octanol–water partition coefficient (Wildman–Crippen LogP) is 1.19. The van der Waals surface area contributed by atoms with E-state index in [0.717, 1.165) is 22.3 Å². The Labute approximate surface area is 148 Å². The lowest BCUT2D eigenvalue weighted by molar-refractivity contribution is 0.0892. The minimum atomic E-state index is -0.776. The standard InChI is InChI=1S/C20H26O5/c21-11-19(23)9-15-5-1-3-7-17(15)13-25-14-18-8-4-2-6-16(18)10-20(24)12-22/h1-8,19-24H,9-14H2. The summed E-state index contributed by atoms with van der Waals surface area (Å²) in [4.78, 5) is 0. The van der Waals surface area contributed by atoms with Crippen molar-refractivity contribution in [3.05, 3.63) is 70.8 Å². The summed E-state index contributed by atoms with van der Waals surface area (Å²) in [7, 11) is 0. The largest absolute Gasteiger partial charge is 0.394 e. The highest BCUT2D eigenvalue weighted by Gasteiger charge is 2.10. The van der Waals surface area contributed by atoms with Gasteiger partial charge in [-0.3, -0.25) is 0 Å². The van der Waals surface area contributed by atoms with Crippen LogP contribution in [0.5, 0.6) is 0 Å². The lowest BCUT2D eigenvalue weighted by Gasteiger charge is -2.15. The molecule has 0 aromatic heterocycles. The minimum Gasteiger partial charge on any atom is -0.394 e. The fourth-order valence-electron chi connectivity index (χ4n) is 2.70. The maximum Gasteiger partial charge on any atom is 0.0811 e. The molecule has 5 nitrogen and oxygen atoms in total. The molecule has 0 heterocycles. The Morgan fingerprint density at radius 2 is 1.00 bits per heavy atom. The Kier molecular flexibility index (Phi) is 8.04. The molecule has 0 saturated carbocycles. The Morgan fingerprint density at radius 3 is 1.36 bits per heavy atom. The van der Waals surface area contributed by atoms with E-state index in [2.05, 4.69) is 0 Å². The van der Waals surface area contributed by atoms with Gasteiger partial charge in [0.15, 0.2) is 0 Å². The summed E-state index contributed by atoms with van der Waals surface area (Å²) in [6.45, 7) is 0.252. The number of hydrogen-bond acceptors (Lipinski definition) is 5. The Hall–Kier alpha value is -1.76.